The first-order valence-corrected chi connectivity index (χ1v) is 10.4. The number of aliphatic hydroxyl groups excluding tert-OH is 3. The van der Waals surface area contributed by atoms with Gasteiger partial charge in [-0.1, -0.05) is 36.7 Å². The molecule has 1 fully saturated rings. The molecule has 0 amide bonds. The lowest BCUT2D eigenvalue weighted by atomic mass is 9.83. The number of methoxy groups -OCH3 is 1. The number of hydrogen-bond acceptors (Lipinski definition) is 6. The summed E-state index contributed by atoms with van der Waals surface area (Å²) in [7, 11) is 1.40. The Kier molecular flexibility index (Phi) is 7.39. The first-order valence-electron chi connectivity index (χ1n) is 10.1. The maximum absolute atomic E-state index is 10.8. The molecule has 6 nitrogen and oxygen atoms in total. The van der Waals surface area contributed by atoms with Crippen molar-refractivity contribution in [3.05, 3.63) is 64.2 Å². The zero-order valence-electron chi connectivity index (χ0n) is 17.4. The zero-order valence-corrected chi connectivity index (χ0v) is 18.2. The fraction of sp³-hybridized carbons (Fsp3) is 0.478. The molecular weight excluding hydrogens is 408 g/mol. The van der Waals surface area contributed by atoms with Crippen LogP contribution in [0.25, 0.3) is 0 Å². The van der Waals surface area contributed by atoms with E-state index in [-0.39, 0.29) is 6.61 Å². The number of aliphatic hydroxyl groups is 3. The molecule has 1 aliphatic heterocycles. The molecule has 2 aromatic carbocycles. The molecule has 0 spiro atoms. The van der Waals surface area contributed by atoms with E-state index in [0.717, 1.165) is 16.9 Å². The Balaban J connectivity index is 1.94. The molecule has 0 bridgehead atoms. The highest BCUT2D eigenvalue weighted by Gasteiger charge is 2.54. The summed E-state index contributed by atoms with van der Waals surface area (Å²) < 4.78 is 17.1. The molecule has 5 atom stereocenters. The zero-order chi connectivity index (χ0) is 21.9. The van der Waals surface area contributed by atoms with Gasteiger partial charge in [-0.3, -0.25) is 0 Å². The highest BCUT2D eigenvalue weighted by atomic mass is 35.5. The van der Waals surface area contributed by atoms with Crippen LogP contribution in [0.5, 0.6) is 5.75 Å². The van der Waals surface area contributed by atoms with Crippen LogP contribution in [0.3, 0.4) is 0 Å². The first-order chi connectivity index (χ1) is 14.4. The predicted octanol–water partition coefficient (Wildman–Crippen LogP) is 2.88. The second-order valence-corrected chi connectivity index (χ2v) is 7.97. The van der Waals surface area contributed by atoms with Crippen LogP contribution < -0.4 is 4.74 Å². The highest BCUT2D eigenvalue weighted by molar-refractivity contribution is 6.31. The molecule has 1 aliphatic rings. The Morgan fingerprint density at radius 2 is 1.83 bits per heavy atom. The van der Waals surface area contributed by atoms with Gasteiger partial charge >= 0.3 is 0 Å². The molecule has 0 aliphatic carbocycles. The molecule has 0 saturated carbocycles. The van der Waals surface area contributed by atoms with Crippen molar-refractivity contribution in [3.8, 4) is 5.75 Å². The van der Waals surface area contributed by atoms with E-state index in [2.05, 4.69) is 0 Å². The summed E-state index contributed by atoms with van der Waals surface area (Å²) in [6.45, 7) is 3.95. The minimum atomic E-state index is -1.61. The van der Waals surface area contributed by atoms with Gasteiger partial charge < -0.3 is 29.5 Å². The van der Waals surface area contributed by atoms with Crippen LogP contribution >= 0.6 is 11.6 Å². The summed E-state index contributed by atoms with van der Waals surface area (Å²) >= 11 is 6.44. The van der Waals surface area contributed by atoms with Crippen LogP contribution in [0.2, 0.25) is 5.02 Å². The first kappa shape index (κ1) is 23.0. The van der Waals surface area contributed by atoms with Crippen molar-refractivity contribution >= 4 is 11.6 Å². The second-order valence-electron chi connectivity index (χ2n) is 7.56. The molecule has 7 heteroatoms. The normalized spacial score (nSPS) is 29.0. The number of rotatable bonds is 7. The van der Waals surface area contributed by atoms with Crippen LogP contribution in [0.15, 0.2) is 42.5 Å². The van der Waals surface area contributed by atoms with E-state index in [1.807, 2.05) is 37.3 Å². The average molecular weight is 437 g/mol. The van der Waals surface area contributed by atoms with E-state index >= 15 is 0 Å². The molecule has 1 saturated heterocycles. The maximum Gasteiger partial charge on any atom is 0.224 e. The summed E-state index contributed by atoms with van der Waals surface area (Å²) in [5.74, 6) is -1.27. The van der Waals surface area contributed by atoms with Crippen molar-refractivity contribution < 1.29 is 29.5 Å². The molecule has 164 valence electrons. The largest absolute Gasteiger partial charge is 0.494 e. The van der Waals surface area contributed by atoms with E-state index in [1.54, 1.807) is 19.1 Å². The fourth-order valence-electron chi connectivity index (χ4n) is 3.88. The van der Waals surface area contributed by atoms with E-state index in [0.29, 0.717) is 23.6 Å². The predicted molar refractivity (Wildman–Crippen MR) is 114 cm³/mol. The van der Waals surface area contributed by atoms with E-state index in [9.17, 15) is 15.3 Å². The molecule has 30 heavy (non-hydrogen) atoms. The number of halogens is 1. The lowest BCUT2D eigenvalue weighted by Crippen LogP contribution is -2.61. The lowest BCUT2D eigenvalue weighted by Gasteiger charge is -2.48. The van der Waals surface area contributed by atoms with Gasteiger partial charge in [0.05, 0.1) is 25.4 Å². The third kappa shape index (κ3) is 4.35. The van der Waals surface area contributed by atoms with Crippen molar-refractivity contribution in [2.24, 2.45) is 5.92 Å². The van der Waals surface area contributed by atoms with Gasteiger partial charge in [-0.15, -0.1) is 0 Å². The van der Waals surface area contributed by atoms with Gasteiger partial charge in [-0.25, -0.2) is 0 Å². The molecule has 1 heterocycles. The molecule has 0 aromatic heterocycles. The second kappa shape index (κ2) is 9.64. The minimum Gasteiger partial charge on any atom is -0.494 e. The Bertz CT molecular complexity index is 840. The van der Waals surface area contributed by atoms with Crippen molar-refractivity contribution in [2.75, 3.05) is 20.3 Å². The van der Waals surface area contributed by atoms with Crippen LogP contribution in [-0.4, -0.2) is 54.0 Å². The van der Waals surface area contributed by atoms with Crippen LogP contribution in [0.4, 0.5) is 0 Å². The molecule has 3 rings (SSSR count). The Morgan fingerprint density at radius 1 is 1.13 bits per heavy atom. The van der Waals surface area contributed by atoms with Crippen LogP contribution in [-0.2, 0) is 21.7 Å². The number of ether oxygens (including phenoxy) is 3. The maximum atomic E-state index is 10.8. The van der Waals surface area contributed by atoms with Gasteiger partial charge in [-0.2, -0.15) is 0 Å². The van der Waals surface area contributed by atoms with Crippen molar-refractivity contribution in [1.82, 2.24) is 0 Å². The molecule has 3 N–H and O–H groups in total. The lowest BCUT2D eigenvalue weighted by molar-refractivity contribution is -0.358. The topological polar surface area (TPSA) is 88.4 Å². The minimum absolute atomic E-state index is 0.303. The van der Waals surface area contributed by atoms with Crippen molar-refractivity contribution in [3.63, 3.8) is 0 Å². The Labute approximate surface area is 182 Å². The third-order valence-corrected chi connectivity index (χ3v) is 6.09. The third-order valence-electron chi connectivity index (χ3n) is 5.72. The summed E-state index contributed by atoms with van der Waals surface area (Å²) in [6, 6.07) is 13.0. The van der Waals surface area contributed by atoms with Gasteiger partial charge in [0, 0.05) is 23.6 Å². The van der Waals surface area contributed by atoms with Gasteiger partial charge in [0.2, 0.25) is 5.79 Å². The van der Waals surface area contributed by atoms with Gasteiger partial charge in [0.25, 0.3) is 0 Å². The highest BCUT2D eigenvalue weighted by Crippen LogP contribution is 2.42. The SMILES string of the molecule is CCOc1ccc(Cc2cc(C3(OC)O[C@H](CO)[C@@H](C)[C@H](O)[C@H]3O)ccc2Cl)cc1. The molecular formula is C23H29ClO6. The molecule has 0 radical (unpaired) electrons. The summed E-state index contributed by atoms with van der Waals surface area (Å²) in [5.41, 5.74) is 2.38. The van der Waals surface area contributed by atoms with Crippen molar-refractivity contribution in [2.45, 2.75) is 44.4 Å². The van der Waals surface area contributed by atoms with Gasteiger partial charge in [0.15, 0.2) is 0 Å². The summed E-state index contributed by atoms with van der Waals surface area (Å²) in [6.07, 6.45) is -2.59. The summed E-state index contributed by atoms with van der Waals surface area (Å²) in [5, 5.41) is 31.6. The average Bonchev–Trinajstić information content (AvgIpc) is 2.76. The van der Waals surface area contributed by atoms with Crippen LogP contribution in [0.1, 0.15) is 30.5 Å². The van der Waals surface area contributed by atoms with E-state index < -0.39 is 30.0 Å². The monoisotopic (exact) mass is 436 g/mol. The Hall–Kier alpha value is -1.67. The summed E-state index contributed by atoms with van der Waals surface area (Å²) in [4.78, 5) is 0. The fourth-order valence-corrected chi connectivity index (χ4v) is 4.06. The van der Waals surface area contributed by atoms with Crippen LogP contribution in [0, 0.1) is 5.92 Å². The Morgan fingerprint density at radius 3 is 2.43 bits per heavy atom. The van der Waals surface area contributed by atoms with Gasteiger partial charge in [-0.05, 0) is 48.7 Å². The van der Waals surface area contributed by atoms with Crippen molar-refractivity contribution in [1.29, 1.82) is 0 Å². The number of benzene rings is 2. The molecule has 2 aromatic rings. The van der Waals surface area contributed by atoms with Gasteiger partial charge in [0.1, 0.15) is 11.9 Å². The standard InChI is InChI=1S/C23H29ClO6/c1-4-29-18-8-5-15(6-9-18)11-16-12-17(7-10-19(16)24)23(28-3)22(27)21(26)14(2)20(13-25)30-23/h5-10,12,14,20-22,25-27H,4,11,13H2,1-3H3/t14-,20-,21+,22-,23?/m1/s1. The number of hydrogen-bond donors (Lipinski definition) is 3. The smallest absolute Gasteiger partial charge is 0.224 e. The van der Waals surface area contributed by atoms with E-state index in [1.165, 1.54) is 7.11 Å². The van der Waals surface area contributed by atoms with E-state index in [4.69, 9.17) is 25.8 Å². The quantitative estimate of drug-likeness (QED) is 0.618. The molecule has 1 unspecified atom stereocenters.